The first kappa shape index (κ1) is 56.9. The minimum atomic E-state index is 0.641. The molecule has 0 N–H and O–H groups in total. The summed E-state index contributed by atoms with van der Waals surface area (Å²) in [6, 6.07) is 54.4. The van der Waals surface area contributed by atoms with Crippen LogP contribution in [0.2, 0.25) is 0 Å². The predicted molar refractivity (Wildman–Crippen MR) is 331 cm³/mol. The fourth-order valence-electron chi connectivity index (χ4n) is 10.5. The third-order valence-corrected chi connectivity index (χ3v) is 15.0. The number of nitrogens with zero attached hydrogens (tertiary/aromatic N) is 6. The van der Waals surface area contributed by atoms with Crippen molar-refractivity contribution in [2.24, 2.45) is 0 Å². The molecule has 80 heavy (non-hydrogen) atoms. The van der Waals surface area contributed by atoms with Crippen molar-refractivity contribution in [1.29, 1.82) is 0 Å². The normalized spacial score (nSPS) is 11.2. The van der Waals surface area contributed by atoms with Gasteiger partial charge in [0.1, 0.15) is 11.5 Å². The zero-order chi connectivity index (χ0) is 54.8. The van der Waals surface area contributed by atoms with E-state index in [2.05, 4.69) is 119 Å². The van der Waals surface area contributed by atoms with Crippen molar-refractivity contribution >= 4 is 0 Å². The van der Waals surface area contributed by atoms with E-state index in [0.717, 1.165) is 127 Å². The second kappa shape index (κ2) is 31.1. The Morgan fingerprint density at radius 2 is 0.537 bits per heavy atom. The molecule has 6 aromatic heterocycles. The van der Waals surface area contributed by atoms with Gasteiger partial charge in [-0.15, -0.1) is 0 Å². The maximum Gasteiger partial charge on any atom is 0.128 e. The van der Waals surface area contributed by atoms with Crippen molar-refractivity contribution in [1.82, 2.24) is 29.9 Å². The van der Waals surface area contributed by atoms with Gasteiger partial charge in [0.25, 0.3) is 0 Å². The molecule has 0 amide bonds. The average Bonchev–Trinajstić information content (AvgIpc) is 3.53. The molecule has 0 aliphatic carbocycles. The predicted octanol–water partition coefficient (Wildman–Crippen LogP) is 20.0. The van der Waals surface area contributed by atoms with Crippen molar-refractivity contribution in [2.45, 2.75) is 142 Å². The van der Waals surface area contributed by atoms with Crippen LogP contribution in [0.25, 0.3) is 90.1 Å². The summed E-state index contributed by atoms with van der Waals surface area (Å²) in [5, 5.41) is 0. The molecule has 0 fully saturated rings. The van der Waals surface area contributed by atoms with Gasteiger partial charge in [0.05, 0.1) is 58.8 Å². The number of benzene rings is 3. The highest BCUT2D eigenvalue weighted by Gasteiger charge is 2.19. The second-order valence-corrected chi connectivity index (χ2v) is 21.2. The van der Waals surface area contributed by atoms with Gasteiger partial charge in [-0.05, 0) is 131 Å². The van der Waals surface area contributed by atoms with Crippen LogP contribution in [0.15, 0.2) is 183 Å². The molecular formula is C72H80N6O2. The largest absolute Gasteiger partial charge is 0.493 e. The molecule has 8 nitrogen and oxygen atoms in total. The van der Waals surface area contributed by atoms with Crippen molar-refractivity contribution in [2.75, 3.05) is 13.2 Å². The number of unbranched alkanes of at least 4 members (excludes halogenated alkanes) is 18. The minimum absolute atomic E-state index is 0.641. The number of hydrogen-bond acceptors (Lipinski definition) is 8. The molecule has 0 spiro atoms. The summed E-state index contributed by atoms with van der Waals surface area (Å²) in [5.41, 5.74) is 14.8. The van der Waals surface area contributed by atoms with E-state index in [-0.39, 0.29) is 0 Å². The summed E-state index contributed by atoms with van der Waals surface area (Å²) >= 11 is 0. The van der Waals surface area contributed by atoms with Crippen LogP contribution in [0, 0.1) is 0 Å². The molecule has 0 saturated heterocycles. The van der Waals surface area contributed by atoms with Crippen LogP contribution in [0.4, 0.5) is 0 Å². The molecular weight excluding hydrogens is 981 g/mol. The van der Waals surface area contributed by atoms with Crippen LogP contribution in [-0.4, -0.2) is 43.1 Å². The average molecular weight is 1060 g/mol. The standard InChI is InChI=1S/C72H80N6O2/c1-3-5-7-9-11-13-15-17-19-29-47-79-71-53-62(58-41-37-56(38-42-58)60-51-69(65-33-23-27-45-75-65)78-70(52-60)66-34-24-28-46-76-66)72(80-48-30-20-18-16-14-12-10-8-6-4-2)54-61(71)57-39-35-55(36-40-57)59-49-67(63-31-21-25-43-73-63)77-68(50-59)64-32-22-26-44-74-64/h21-28,31-46,49-54H,3-20,29-30,47-48H2,1-2H3. The van der Waals surface area contributed by atoms with E-state index in [0.29, 0.717) is 13.2 Å². The van der Waals surface area contributed by atoms with Gasteiger partial charge in [0.15, 0.2) is 0 Å². The molecule has 0 saturated carbocycles. The quantitative estimate of drug-likeness (QED) is 0.0385. The molecule has 0 aliphatic rings. The molecule has 3 aromatic carbocycles. The lowest BCUT2D eigenvalue weighted by molar-refractivity contribution is 0.298. The number of aromatic nitrogens is 6. The molecule has 0 atom stereocenters. The molecule has 9 aromatic rings. The van der Waals surface area contributed by atoms with Gasteiger partial charge < -0.3 is 9.47 Å². The SMILES string of the molecule is CCCCCCCCCCCCOc1cc(-c2ccc(-c3cc(-c4ccccn4)nc(-c4ccccn4)c3)cc2)c(OCCCCCCCCCCCC)cc1-c1ccc(-c2cc(-c3ccccn3)nc(-c3ccccn3)c2)cc1. The Labute approximate surface area is 476 Å². The highest BCUT2D eigenvalue weighted by Crippen LogP contribution is 2.43. The zero-order valence-corrected chi connectivity index (χ0v) is 47.4. The molecule has 0 radical (unpaired) electrons. The third-order valence-electron chi connectivity index (χ3n) is 15.0. The summed E-state index contributed by atoms with van der Waals surface area (Å²) in [7, 11) is 0. The Bertz CT molecular complexity index is 2890. The first-order valence-corrected chi connectivity index (χ1v) is 30.0. The van der Waals surface area contributed by atoms with Crippen LogP contribution >= 0.6 is 0 Å². The number of hydrogen-bond donors (Lipinski definition) is 0. The molecule has 6 heterocycles. The fraction of sp³-hybridized carbons (Fsp3) is 0.333. The summed E-state index contributed by atoms with van der Waals surface area (Å²) in [5.74, 6) is 1.71. The lowest BCUT2D eigenvalue weighted by Crippen LogP contribution is -2.03. The zero-order valence-electron chi connectivity index (χ0n) is 47.4. The maximum absolute atomic E-state index is 6.94. The van der Waals surface area contributed by atoms with Gasteiger partial charge in [-0.1, -0.05) is 202 Å². The molecule has 9 rings (SSSR count). The molecule has 8 heteroatoms. The summed E-state index contributed by atoms with van der Waals surface area (Å²) in [6.07, 6.45) is 32.6. The van der Waals surface area contributed by atoms with Gasteiger partial charge in [0, 0.05) is 35.9 Å². The first-order valence-electron chi connectivity index (χ1n) is 30.0. The second-order valence-electron chi connectivity index (χ2n) is 21.2. The monoisotopic (exact) mass is 1060 g/mol. The van der Waals surface area contributed by atoms with Crippen molar-refractivity contribution in [3.63, 3.8) is 0 Å². The van der Waals surface area contributed by atoms with Crippen LogP contribution in [0.5, 0.6) is 11.5 Å². The van der Waals surface area contributed by atoms with Crippen LogP contribution in [0.3, 0.4) is 0 Å². The Hall–Kier alpha value is -7.84. The Morgan fingerprint density at radius 3 is 0.812 bits per heavy atom. The number of pyridine rings is 6. The number of rotatable bonds is 32. The Balaban J connectivity index is 1.03. The summed E-state index contributed by atoms with van der Waals surface area (Å²) in [4.78, 5) is 28.7. The van der Waals surface area contributed by atoms with Crippen LogP contribution in [0.1, 0.15) is 142 Å². The summed E-state index contributed by atoms with van der Waals surface area (Å²) in [6.45, 7) is 5.85. The van der Waals surface area contributed by atoms with E-state index < -0.39 is 0 Å². The van der Waals surface area contributed by atoms with Crippen LogP contribution < -0.4 is 9.47 Å². The highest BCUT2D eigenvalue weighted by molar-refractivity contribution is 5.84. The van der Waals surface area contributed by atoms with E-state index >= 15 is 0 Å². The first-order chi connectivity index (χ1) is 39.6. The van der Waals surface area contributed by atoms with Crippen molar-refractivity contribution < 1.29 is 9.47 Å². The number of ether oxygens (including phenoxy) is 2. The van der Waals surface area contributed by atoms with Gasteiger partial charge in [-0.25, -0.2) is 9.97 Å². The Kier molecular flexibility index (Phi) is 22.1. The van der Waals surface area contributed by atoms with Crippen molar-refractivity contribution in [3.8, 4) is 102 Å². The van der Waals surface area contributed by atoms with E-state index in [1.54, 1.807) is 0 Å². The molecule has 0 bridgehead atoms. The minimum Gasteiger partial charge on any atom is -0.493 e. The Morgan fingerprint density at radius 1 is 0.263 bits per heavy atom. The maximum atomic E-state index is 6.94. The van der Waals surface area contributed by atoms with E-state index in [1.165, 1.54) is 103 Å². The van der Waals surface area contributed by atoms with Gasteiger partial charge in [-0.2, -0.15) is 0 Å². The van der Waals surface area contributed by atoms with Crippen molar-refractivity contribution in [3.05, 3.63) is 183 Å². The molecule has 0 aliphatic heterocycles. The third kappa shape index (κ3) is 16.6. The lowest BCUT2D eigenvalue weighted by atomic mass is 9.94. The van der Waals surface area contributed by atoms with E-state index in [9.17, 15) is 0 Å². The van der Waals surface area contributed by atoms with Gasteiger partial charge >= 0.3 is 0 Å². The highest BCUT2D eigenvalue weighted by atomic mass is 16.5. The topological polar surface area (TPSA) is 95.8 Å². The smallest absolute Gasteiger partial charge is 0.128 e. The van der Waals surface area contributed by atoms with E-state index in [4.69, 9.17) is 19.4 Å². The lowest BCUT2D eigenvalue weighted by Gasteiger charge is -2.19. The molecule has 0 unspecified atom stereocenters. The van der Waals surface area contributed by atoms with E-state index in [1.807, 2.05) is 97.6 Å². The van der Waals surface area contributed by atoms with Gasteiger partial charge in [-0.3, -0.25) is 19.9 Å². The van der Waals surface area contributed by atoms with Gasteiger partial charge in [0.2, 0.25) is 0 Å². The fourth-order valence-corrected chi connectivity index (χ4v) is 10.5. The summed E-state index contributed by atoms with van der Waals surface area (Å²) < 4.78 is 13.9. The van der Waals surface area contributed by atoms with Crippen LogP contribution in [-0.2, 0) is 0 Å². The molecule has 410 valence electrons.